The number of likely N-dealkylation sites (tertiary alicyclic amines) is 1. The Hall–Kier alpha value is -3.89. The van der Waals surface area contributed by atoms with Crippen LogP contribution in [0.3, 0.4) is 0 Å². The van der Waals surface area contributed by atoms with Gasteiger partial charge in [-0.05, 0) is 24.8 Å². The van der Waals surface area contributed by atoms with Gasteiger partial charge in [0.05, 0.1) is 17.6 Å². The van der Waals surface area contributed by atoms with E-state index in [2.05, 4.69) is 25.9 Å². The summed E-state index contributed by atoms with van der Waals surface area (Å²) in [6.45, 7) is 5.19. The topological polar surface area (TPSA) is 105 Å². The zero-order valence-corrected chi connectivity index (χ0v) is 19.6. The first kappa shape index (κ1) is 24.2. The summed E-state index contributed by atoms with van der Waals surface area (Å²) in [6.07, 6.45) is 5.38. The van der Waals surface area contributed by atoms with Gasteiger partial charge in [-0.25, -0.2) is 8.78 Å². The minimum atomic E-state index is -0.941. The van der Waals surface area contributed by atoms with Crippen LogP contribution in [0.15, 0.2) is 36.7 Å². The maximum absolute atomic E-state index is 14.0. The summed E-state index contributed by atoms with van der Waals surface area (Å²) in [5, 5.41) is 18.5. The van der Waals surface area contributed by atoms with Gasteiger partial charge in [0, 0.05) is 57.9 Å². The van der Waals surface area contributed by atoms with Crippen LogP contribution in [-0.2, 0) is 17.9 Å². The number of ketones is 1. The van der Waals surface area contributed by atoms with Crippen LogP contribution in [0.2, 0.25) is 0 Å². The average Bonchev–Trinajstić information content (AvgIpc) is 3.26. The molecule has 11 heteroatoms. The van der Waals surface area contributed by atoms with Gasteiger partial charge in [0.25, 0.3) is 0 Å². The van der Waals surface area contributed by atoms with Crippen molar-refractivity contribution in [3.05, 3.63) is 59.6 Å². The second-order valence-electron chi connectivity index (χ2n) is 8.64. The van der Waals surface area contributed by atoms with Crippen molar-refractivity contribution in [2.45, 2.75) is 39.8 Å². The molecule has 1 fully saturated rings. The Bertz CT molecular complexity index is 1220. The monoisotopic (exact) mass is 483 g/mol. The first-order valence-corrected chi connectivity index (χ1v) is 11.4. The number of rotatable bonds is 8. The molecule has 2 aromatic heterocycles. The molecule has 1 aliphatic heterocycles. The molecular formula is C24H27F2N7O2. The quantitative estimate of drug-likeness (QED) is 0.470. The third kappa shape index (κ3) is 5.97. The predicted octanol–water partition coefficient (Wildman–Crippen LogP) is 3.77. The van der Waals surface area contributed by atoms with E-state index in [4.69, 9.17) is 0 Å². The average molecular weight is 484 g/mol. The molecule has 0 spiro atoms. The normalized spacial score (nSPS) is 14.1. The molecule has 1 aliphatic rings. The van der Waals surface area contributed by atoms with Crippen LogP contribution in [0.1, 0.15) is 42.7 Å². The number of halogens is 2. The molecule has 3 heterocycles. The first-order valence-electron chi connectivity index (χ1n) is 11.4. The lowest BCUT2D eigenvalue weighted by Gasteiger charge is -2.31. The summed E-state index contributed by atoms with van der Waals surface area (Å²) in [6, 6.07) is 5.52. The van der Waals surface area contributed by atoms with Crippen LogP contribution >= 0.6 is 0 Å². The second kappa shape index (κ2) is 10.6. The molecular weight excluding hydrogens is 456 g/mol. The van der Waals surface area contributed by atoms with Crippen LogP contribution in [0.25, 0.3) is 0 Å². The number of nitrogens with zero attached hydrogens (tertiary/aromatic N) is 5. The standard InChI is InChI=1S/C24H27F2N7O2/c1-15(34)24-21(27-11-18-4-3-5-20(25)23(18)26)10-22(30-31-24)29-19-12-28-33(14-19)13-17-6-8-32(9-7-17)16(2)35/h3-5,10,12,14,17H,6-9,11,13H2,1-2H3,(H2,27,29,30). The van der Waals surface area contributed by atoms with E-state index in [1.807, 2.05) is 15.8 Å². The van der Waals surface area contributed by atoms with Crippen LogP contribution in [0, 0.1) is 17.6 Å². The number of nitrogens with one attached hydrogen (secondary N) is 2. The number of amides is 1. The molecule has 0 aliphatic carbocycles. The smallest absolute Gasteiger partial charge is 0.219 e. The Labute approximate surface area is 201 Å². The van der Waals surface area contributed by atoms with Crippen molar-refractivity contribution in [2.24, 2.45) is 5.92 Å². The number of benzene rings is 1. The molecule has 1 amide bonds. The van der Waals surface area contributed by atoms with Crippen LogP contribution in [0.5, 0.6) is 0 Å². The van der Waals surface area contributed by atoms with E-state index in [-0.39, 0.29) is 29.5 Å². The number of carbonyl (C=O) groups is 2. The van der Waals surface area contributed by atoms with Crippen LogP contribution < -0.4 is 10.6 Å². The van der Waals surface area contributed by atoms with Crippen molar-refractivity contribution >= 4 is 28.9 Å². The first-order chi connectivity index (χ1) is 16.8. The Morgan fingerprint density at radius 2 is 1.91 bits per heavy atom. The molecule has 1 aromatic carbocycles. The molecule has 0 atom stereocenters. The predicted molar refractivity (Wildman–Crippen MR) is 126 cm³/mol. The van der Waals surface area contributed by atoms with Gasteiger partial charge in [0.2, 0.25) is 5.91 Å². The van der Waals surface area contributed by atoms with Gasteiger partial charge in [0.15, 0.2) is 28.9 Å². The number of piperidine rings is 1. The fraction of sp³-hybridized carbons (Fsp3) is 0.375. The lowest BCUT2D eigenvalue weighted by atomic mass is 9.97. The summed E-state index contributed by atoms with van der Waals surface area (Å²) in [5.74, 6) is -1.27. The van der Waals surface area contributed by atoms with Crippen molar-refractivity contribution in [1.82, 2.24) is 24.9 Å². The minimum Gasteiger partial charge on any atom is -0.379 e. The fourth-order valence-corrected chi connectivity index (χ4v) is 4.09. The Morgan fingerprint density at radius 3 is 2.63 bits per heavy atom. The molecule has 4 rings (SSSR count). The molecule has 35 heavy (non-hydrogen) atoms. The van der Waals surface area contributed by atoms with E-state index < -0.39 is 11.6 Å². The number of Topliss-reactive ketones (excluding diaryl/α,β-unsaturated/α-hetero) is 1. The van der Waals surface area contributed by atoms with Crippen molar-refractivity contribution < 1.29 is 18.4 Å². The third-order valence-electron chi connectivity index (χ3n) is 6.04. The van der Waals surface area contributed by atoms with E-state index >= 15 is 0 Å². The van der Waals surface area contributed by atoms with Gasteiger partial charge in [-0.15, -0.1) is 10.2 Å². The fourth-order valence-electron chi connectivity index (χ4n) is 4.09. The Balaban J connectivity index is 1.41. The lowest BCUT2D eigenvalue weighted by Crippen LogP contribution is -2.38. The number of hydrogen-bond donors (Lipinski definition) is 2. The van der Waals surface area contributed by atoms with E-state index in [0.29, 0.717) is 23.1 Å². The minimum absolute atomic E-state index is 0.0324. The van der Waals surface area contributed by atoms with E-state index in [1.54, 1.807) is 19.2 Å². The SMILES string of the molecule is CC(=O)c1nnc(Nc2cnn(CC3CCN(C(C)=O)CC3)c2)cc1NCc1cccc(F)c1F. The van der Waals surface area contributed by atoms with Crippen molar-refractivity contribution in [1.29, 1.82) is 0 Å². The highest BCUT2D eigenvalue weighted by atomic mass is 19.2. The van der Waals surface area contributed by atoms with Crippen molar-refractivity contribution in [3.63, 3.8) is 0 Å². The third-order valence-corrected chi connectivity index (χ3v) is 6.04. The van der Waals surface area contributed by atoms with E-state index in [9.17, 15) is 18.4 Å². The highest BCUT2D eigenvalue weighted by Crippen LogP contribution is 2.23. The van der Waals surface area contributed by atoms with Gasteiger partial charge in [0.1, 0.15) is 0 Å². The number of anilines is 3. The highest BCUT2D eigenvalue weighted by molar-refractivity contribution is 5.97. The maximum atomic E-state index is 14.0. The Kier molecular flexibility index (Phi) is 7.33. The molecule has 0 radical (unpaired) electrons. The van der Waals surface area contributed by atoms with Crippen molar-refractivity contribution in [2.75, 3.05) is 23.7 Å². The summed E-state index contributed by atoms with van der Waals surface area (Å²) >= 11 is 0. The zero-order valence-electron chi connectivity index (χ0n) is 19.6. The Morgan fingerprint density at radius 1 is 1.14 bits per heavy atom. The van der Waals surface area contributed by atoms with E-state index in [1.165, 1.54) is 19.1 Å². The molecule has 0 bridgehead atoms. The summed E-state index contributed by atoms with van der Waals surface area (Å²) in [5.41, 5.74) is 1.27. The van der Waals surface area contributed by atoms with Gasteiger partial charge in [-0.1, -0.05) is 12.1 Å². The largest absolute Gasteiger partial charge is 0.379 e. The summed E-state index contributed by atoms with van der Waals surface area (Å²) in [7, 11) is 0. The zero-order chi connectivity index (χ0) is 24.9. The maximum Gasteiger partial charge on any atom is 0.219 e. The summed E-state index contributed by atoms with van der Waals surface area (Å²) < 4.78 is 29.4. The summed E-state index contributed by atoms with van der Waals surface area (Å²) in [4.78, 5) is 25.4. The van der Waals surface area contributed by atoms with Crippen molar-refractivity contribution in [3.8, 4) is 0 Å². The van der Waals surface area contributed by atoms with Gasteiger partial charge in [-0.2, -0.15) is 5.10 Å². The van der Waals surface area contributed by atoms with Crippen LogP contribution in [0.4, 0.5) is 26.0 Å². The van der Waals surface area contributed by atoms with Gasteiger partial charge >= 0.3 is 0 Å². The molecule has 3 aromatic rings. The molecule has 9 nitrogen and oxygen atoms in total. The number of hydrogen-bond acceptors (Lipinski definition) is 7. The molecule has 184 valence electrons. The number of carbonyl (C=O) groups excluding carboxylic acids is 2. The molecule has 2 N–H and O–H groups in total. The lowest BCUT2D eigenvalue weighted by molar-refractivity contribution is -0.130. The van der Waals surface area contributed by atoms with Gasteiger partial charge < -0.3 is 15.5 Å². The van der Waals surface area contributed by atoms with Crippen LogP contribution in [-0.4, -0.2) is 49.7 Å². The number of aromatic nitrogens is 4. The molecule has 1 saturated heterocycles. The molecule has 0 saturated carbocycles. The van der Waals surface area contributed by atoms with Gasteiger partial charge in [-0.3, -0.25) is 14.3 Å². The molecule has 0 unspecified atom stereocenters. The second-order valence-corrected chi connectivity index (χ2v) is 8.64. The highest BCUT2D eigenvalue weighted by Gasteiger charge is 2.21. The van der Waals surface area contributed by atoms with E-state index in [0.717, 1.165) is 38.5 Å².